The van der Waals surface area contributed by atoms with Crippen molar-refractivity contribution in [1.29, 1.82) is 0 Å². The normalized spacial score (nSPS) is 11.4. The lowest BCUT2D eigenvalue weighted by atomic mass is 9.89. The van der Waals surface area contributed by atoms with Gasteiger partial charge in [0.2, 0.25) is 11.8 Å². The highest BCUT2D eigenvalue weighted by Crippen LogP contribution is 2.30. The smallest absolute Gasteiger partial charge is 0.322 e. The number of nitrogens with two attached hydrogens (primary N) is 2. The summed E-state index contributed by atoms with van der Waals surface area (Å²) in [5.74, 6) is -2.69. The highest BCUT2D eigenvalue weighted by atomic mass is 16.5. The summed E-state index contributed by atoms with van der Waals surface area (Å²) in [4.78, 5) is 44.8. The van der Waals surface area contributed by atoms with E-state index >= 15 is 0 Å². The third-order valence-electron chi connectivity index (χ3n) is 6.70. The van der Waals surface area contributed by atoms with Gasteiger partial charge in [-0.3, -0.25) is 19.4 Å². The molecule has 0 saturated carbocycles. The van der Waals surface area contributed by atoms with Gasteiger partial charge in [0, 0.05) is 13.1 Å². The summed E-state index contributed by atoms with van der Waals surface area (Å²) in [7, 11) is 1.44. The Morgan fingerprint density at radius 1 is 0.976 bits per heavy atom. The Balaban J connectivity index is 2.05. The van der Waals surface area contributed by atoms with Gasteiger partial charge in [-0.15, -0.1) is 0 Å². The standard InChI is InChI=1S/C31H37N5O6/c1-42-26-19-21(14-15-25(26)37)16-18-36(24(13-8-17-34-31(32)33)29(40)35-20-27(38)39)30(41)28(22-9-4-2-5-10-22)23-11-6-3-7-12-23/h2-7,9-12,14-15,19,24,28,37H,8,13,16-18,20H2,1H3,(H,35,40)(H,38,39)(H4,32,33,34)/t24-/m0/s1. The molecule has 1 atom stereocenters. The average molecular weight is 576 g/mol. The lowest BCUT2D eigenvalue weighted by molar-refractivity contribution is -0.143. The lowest BCUT2D eigenvalue weighted by Crippen LogP contribution is -2.52. The second-order valence-electron chi connectivity index (χ2n) is 9.62. The van der Waals surface area contributed by atoms with Crippen LogP contribution >= 0.6 is 0 Å². The molecular formula is C31H37N5O6. The first-order valence-electron chi connectivity index (χ1n) is 13.5. The van der Waals surface area contributed by atoms with Crippen LogP contribution in [0.25, 0.3) is 0 Å². The van der Waals surface area contributed by atoms with E-state index in [2.05, 4.69) is 10.3 Å². The van der Waals surface area contributed by atoms with Crippen molar-refractivity contribution in [1.82, 2.24) is 10.2 Å². The highest BCUT2D eigenvalue weighted by Gasteiger charge is 2.35. The molecule has 7 N–H and O–H groups in total. The number of ether oxygens (including phenoxy) is 1. The van der Waals surface area contributed by atoms with Gasteiger partial charge in [0.25, 0.3) is 0 Å². The number of carbonyl (C=O) groups is 3. The molecule has 0 heterocycles. The minimum Gasteiger partial charge on any atom is -0.504 e. The molecule has 11 heteroatoms. The molecule has 0 aliphatic rings. The van der Waals surface area contributed by atoms with E-state index in [1.54, 1.807) is 12.1 Å². The van der Waals surface area contributed by atoms with Crippen LogP contribution in [0.1, 0.15) is 35.4 Å². The minimum absolute atomic E-state index is 0.0203. The zero-order chi connectivity index (χ0) is 30.5. The molecule has 3 aromatic carbocycles. The molecule has 42 heavy (non-hydrogen) atoms. The molecule has 0 fully saturated rings. The fourth-order valence-electron chi connectivity index (χ4n) is 4.68. The molecule has 0 aliphatic carbocycles. The largest absolute Gasteiger partial charge is 0.504 e. The second-order valence-corrected chi connectivity index (χ2v) is 9.62. The van der Waals surface area contributed by atoms with Crippen molar-refractivity contribution in [2.24, 2.45) is 16.5 Å². The molecule has 0 spiro atoms. The fraction of sp³-hybridized carbons (Fsp3) is 0.290. The minimum atomic E-state index is -1.21. The summed E-state index contributed by atoms with van der Waals surface area (Å²) >= 11 is 0. The van der Waals surface area contributed by atoms with Crippen LogP contribution in [0.3, 0.4) is 0 Å². The van der Waals surface area contributed by atoms with Crippen LogP contribution in [-0.4, -0.2) is 71.6 Å². The molecule has 0 aliphatic heterocycles. The lowest BCUT2D eigenvalue weighted by Gasteiger charge is -2.34. The van der Waals surface area contributed by atoms with Gasteiger partial charge in [-0.2, -0.15) is 0 Å². The van der Waals surface area contributed by atoms with Crippen LogP contribution in [0.15, 0.2) is 83.9 Å². The number of methoxy groups -OCH3 is 1. The van der Waals surface area contributed by atoms with Gasteiger partial charge in [-0.05, 0) is 48.1 Å². The zero-order valence-corrected chi connectivity index (χ0v) is 23.5. The number of phenols is 1. The van der Waals surface area contributed by atoms with E-state index in [4.69, 9.17) is 16.2 Å². The first-order chi connectivity index (χ1) is 20.2. The molecule has 0 saturated heterocycles. The summed E-state index contributed by atoms with van der Waals surface area (Å²) in [6.45, 7) is -0.249. The number of hydrogen-bond acceptors (Lipinski definition) is 6. The summed E-state index contributed by atoms with van der Waals surface area (Å²) in [5.41, 5.74) is 13.2. The van der Waals surface area contributed by atoms with Gasteiger partial charge in [0.1, 0.15) is 12.6 Å². The monoisotopic (exact) mass is 575 g/mol. The number of guanidine groups is 1. The van der Waals surface area contributed by atoms with Crippen LogP contribution in [0.4, 0.5) is 0 Å². The Bertz CT molecular complexity index is 1320. The number of amides is 2. The number of benzene rings is 3. The van der Waals surface area contributed by atoms with Crippen LogP contribution < -0.4 is 21.5 Å². The highest BCUT2D eigenvalue weighted by molar-refractivity contribution is 5.93. The molecule has 222 valence electrons. The van der Waals surface area contributed by atoms with Crippen molar-refractivity contribution in [2.75, 3.05) is 26.7 Å². The van der Waals surface area contributed by atoms with Crippen molar-refractivity contribution in [3.8, 4) is 11.5 Å². The van der Waals surface area contributed by atoms with Crippen molar-refractivity contribution < 1.29 is 29.3 Å². The number of carboxylic acids is 1. The van der Waals surface area contributed by atoms with E-state index < -0.39 is 30.4 Å². The van der Waals surface area contributed by atoms with E-state index in [-0.39, 0.29) is 42.9 Å². The predicted molar refractivity (Wildman–Crippen MR) is 159 cm³/mol. The van der Waals surface area contributed by atoms with Gasteiger partial charge in [-0.25, -0.2) is 0 Å². The Labute approximate surface area is 244 Å². The SMILES string of the molecule is COc1cc(CCN(C(=O)C(c2ccccc2)c2ccccc2)[C@@H](CCCN=C(N)N)C(=O)NCC(=O)O)ccc1O. The molecule has 2 amide bonds. The molecule has 3 rings (SSSR count). The molecule has 0 unspecified atom stereocenters. The van der Waals surface area contributed by atoms with Crippen molar-refractivity contribution in [3.63, 3.8) is 0 Å². The van der Waals surface area contributed by atoms with E-state index in [1.807, 2.05) is 60.7 Å². The Kier molecular flexibility index (Phi) is 11.7. The number of carbonyl (C=O) groups excluding carboxylic acids is 2. The van der Waals surface area contributed by atoms with Crippen molar-refractivity contribution in [2.45, 2.75) is 31.2 Å². The number of phenolic OH excluding ortho intramolecular Hbond substituents is 1. The zero-order valence-electron chi connectivity index (χ0n) is 23.5. The maximum atomic E-state index is 14.6. The second kappa shape index (κ2) is 15.7. The number of hydrogen-bond donors (Lipinski definition) is 5. The Hall–Kier alpha value is -5.06. The van der Waals surface area contributed by atoms with Gasteiger partial charge in [-0.1, -0.05) is 66.7 Å². The first kappa shape index (κ1) is 31.5. The summed E-state index contributed by atoms with van der Waals surface area (Å²) in [5, 5.41) is 21.7. The summed E-state index contributed by atoms with van der Waals surface area (Å²) in [6.07, 6.45) is 0.875. The number of aromatic hydroxyl groups is 1. The molecule has 11 nitrogen and oxygen atoms in total. The summed E-state index contributed by atoms with van der Waals surface area (Å²) < 4.78 is 5.24. The molecule has 3 aromatic rings. The number of aliphatic imine (C=N–C) groups is 1. The molecule has 0 radical (unpaired) electrons. The quantitative estimate of drug-likeness (QED) is 0.104. The van der Waals surface area contributed by atoms with E-state index in [0.717, 1.165) is 16.7 Å². The first-order valence-corrected chi connectivity index (χ1v) is 13.5. The molecule has 0 aromatic heterocycles. The summed E-state index contributed by atoms with van der Waals surface area (Å²) in [6, 6.07) is 22.4. The third kappa shape index (κ3) is 8.98. The Morgan fingerprint density at radius 3 is 2.14 bits per heavy atom. The topological polar surface area (TPSA) is 181 Å². The van der Waals surface area contributed by atoms with E-state index in [0.29, 0.717) is 12.8 Å². The van der Waals surface area contributed by atoms with Gasteiger partial charge in [0.05, 0.1) is 13.0 Å². The maximum Gasteiger partial charge on any atom is 0.322 e. The van der Waals surface area contributed by atoms with Gasteiger partial charge < -0.3 is 36.6 Å². The van der Waals surface area contributed by atoms with Crippen LogP contribution in [0.2, 0.25) is 0 Å². The number of nitrogens with one attached hydrogen (secondary N) is 1. The maximum absolute atomic E-state index is 14.6. The number of nitrogens with zero attached hydrogens (tertiary/aromatic N) is 2. The number of aliphatic carboxylic acids is 1. The van der Waals surface area contributed by atoms with Gasteiger partial charge >= 0.3 is 5.97 Å². The van der Waals surface area contributed by atoms with Crippen LogP contribution in [0.5, 0.6) is 11.5 Å². The number of rotatable bonds is 15. The fourth-order valence-corrected chi connectivity index (χ4v) is 4.68. The van der Waals surface area contributed by atoms with Crippen molar-refractivity contribution in [3.05, 3.63) is 95.6 Å². The molecule has 0 bridgehead atoms. The predicted octanol–water partition coefficient (Wildman–Crippen LogP) is 2.23. The van der Waals surface area contributed by atoms with Crippen LogP contribution in [0, 0.1) is 0 Å². The Morgan fingerprint density at radius 2 is 1.60 bits per heavy atom. The number of carboxylic acid groups (broad SMARTS) is 1. The van der Waals surface area contributed by atoms with Crippen LogP contribution in [-0.2, 0) is 20.8 Å². The van der Waals surface area contributed by atoms with E-state index in [1.165, 1.54) is 18.1 Å². The van der Waals surface area contributed by atoms with Gasteiger partial charge in [0.15, 0.2) is 17.5 Å². The van der Waals surface area contributed by atoms with Crippen molar-refractivity contribution >= 4 is 23.7 Å². The average Bonchev–Trinajstić information content (AvgIpc) is 2.98. The third-order valence-corrected chi connectivity index (χ3v) is 6.70. The molecular weight excluding hydrogens is 538 g/mol. The van der Waals surface area contributed by atoms with E-state index in [9.17, 15) is 24.6 Å².